The zero-order valence-electron chi connectivity index (χ0n) is 16.3. The van der Waals surface area contributed by atoms with Crippen LogP contribution < -0.4 is 0 Å². The van der Waals surface area contributed by atoms with E-state index in [0.717, 1.165) is 37.5 Å². The van der Waals surface area contributed by atoms with Crippen molar-refractivity contribution in [3.05, 3.63) is 11.5 Å². The molecule has 140 valence electrons. The standard InChI is InChI=1S/C19H37N3O2/c1-15(2)14-22-8-6-21(7-9-22)10-11-24-18-12-17(13-18)20(5)19(23)16(3)4/h15,17-18,23H,6-14H2,1-5H3. The average Bonchev–Trinajstić information content (AvgIpc) is 2.49. The van der Waals surface area contributed by atoms with E-state index in [1.165, 1.54) is 32.7 Å². The second kappa shape index (κ2) is 9.07. The first-order valence-electron chi connectivity index (χ1n) is 9.52. The Balaban J connectivity index is 1.55. The highest BCUT2D eigenvalue weighted by molar-refractivity contribution is 5.03. The second-order valence-electron chi connectivity index (χ2n) is 8.09. The molecule has 1 aliphatic heterocycles. The lowest BCUT2D eigenvalue weighted by Crippen LogP contribution is -2.49. The Morgan fingerprint density at radius 1 is 1.12 bits per heavy atom. The van der Waals surface area contributed by atoms with Gasteiger partial charge in [-0.2, -0.15) is 0 Å². The number of hydrogen-bond acceptors (Lipinski definition) is 5. The van der Waals surface area contributed by atoms with E-state index in [0.29, 0.717) is 18.0 Å². The van der Waals surface area contributed by atoms with Crippen molar-refractivity contribution in [2.45, 2.75) is 52.7 Å². The van der Waals surface area contributed by atoms with Crippen LogP contribution in [-0.4, -0.2) is 84.9 Å². The number of hydrogen-bond donors (Lipinski definition) is 1. The van der Waals surface area contributed by atoms with Gasteiger partial charge in [0.05, 0.1) is 12.7 Å². The normalized spacial score (nSPS) is 25.6. The lowest BCUT2D eigenvalue weighted by atomic mass is 9.88. The van der Waals surface area contributed by atoms with Crippen molar-refractivity contribution < 1.29 is 9.84 Å². The maximum Gasteiger partial charge on any atom is 0.185 e. The summed E-state index contributed by atoms with van der Waals surface area (Å²) < 4.78 is 6.01. The number of allylic oxidation sites excluding steroid dienone is 1. The minimum Gasteiger partial charge on any atom is -0.495 e. The van der Waals surface area contributed by atoms with Crippen LogP contribution in [0, 0.1) is 5.92 Å². The number of rotatable bonds is 8. The van der Waals surface area contributed by atoms with Crippen molar-refractivity contribution in [2.75, 3.05) is 52.9 Å². The maximum absolute atomic E-state index is 9.99. The molecule has 0 radical (unpaired) electrons. The van der Waals surface area contributed by atoms with E-state index in [1.54, 1.807) is 0 Å². The summed E-state index contributed by atoms with van der Waals surface area (Å²) in [6.45, 7) is 16.3. The summed E-state index contributed by atoms with van der Waals surface area (Å²) in [7, 11) is 1.97. The van der Waals surface area contributed by atoms with Crippen molar-refractivity contribution in [3.8, 4) is 0 Å². The van der Waals surface area contributed by atoms with Gasteiger partial charge in [0.2, 0.25) is 0 Å². The monoisotopic (exact) mass is 339 g/mol. The van der Waals surface area contributed by atoms with Crippen molar-refractivity contribution in [1.29, 1.82) is 0 Å². The summed E-state index contributed by atoms with van der Waals surface area (Å²) in [6.07, 6.45) is 2.41. The van der Waals surface area contributed by atoms with Crippen LogP contribution in [0.1, 0.15) is 40.5 Å². The Labute approximate surface area is 148 Å². The van der Waals surface area contributed by atoms with E-state index < -0.39 is 0 Å². The van der Waals surface area contributed by atoms with Gasteiger partial charge >= 0.3 is 0 Å². The fourth-order valence-corrected chi connectivity index (χ4v) is 3.58. The van der Waals surface area contributed by atoms with Crippen molar-refractivity contribution >= 4 is 0 Å². The van der Waals surface area contributed by atoms with Crippen LogP contribution in [0.4, 0.5) is 0 Å². The fourth-order valence-electron chi connectivity index (χ4n) is 3.58. The van der Waals surface area contributed by atoms with Gasteiger partial charge in [-0.25, -0.2) is 0 Å². The van der Waals surface area contributed by atoms with Gasteiger partial charge in [-0.1, -0.05) is 13.8 Å². The molecule has 0 bridgehead atoms. The molecule has 1 saturated carbocycles. The Morgan fingerprint density at radius 3 is 2.25 bits per heavy atom. The molecule has 2 aliphatic rings. The summed E-state index contributed by atoms with van der Waals surface area (Å²) in [5.74, 6) is 1.17. The van der Waals surface area contributed by atoms with Gasteiger partial charge in [-0.05, 0) is 38.2 Å². The third kappa shape index (κ3) is 5.64. The molecule has 0 aromatic heterocycles. The van der Waals surface area contributed by atoms with E-state index in [1.807, 2.05) is 25.8 Å². The molecule has 5 heteroatoms. The van der Waals surface area contributed by atoms with Crippen molar-refractivity contribution in [3.63, 3.8) is 0 Å². The van der Waals surface area contributed by atoms with Crippen LogP contribution in [0.25, 0.3) is 0 Å². The first kappa shape index (κ1) is 19.5. The molecule has 1 heterocycles. The predicted molar refractivity (Wildman–Crippen MR) is 99.2 cm³/mol. The van der Waals surface area contributed by atoms with E-state index in [4.69, 9.17) is 4.74 Å². The van der Waals surface area contributed by atoms with Gasteiger partial charge in [0.15, 0.2) is 5.88 Å². The minimum absolute atomic E-state index is 0.365. The molecule has 0 atom stereocenters. The highest BCUT2D eigenvalue weighted by Crippen LogP contribution is 2.29. The predicted octanol–water partition coefficient (Wildman–Crippen LogP) is 2.55. The average molecular weight is 340 g/mol. The van der Waals surface area contributed by atoms with E-state index in [-0.39, 0.29) is 0 Å². The van der Waals surface area contributed by atoms with Crippen molar-refractivity contribution in [2.24, 2.45) is 5.92 Å². The molecule has 0 spiro atoms. The summed E-state index contributed by atoms with van der Waals surface area (Å²) in [5.41, 5.74) is 0.971. The third-order valence-electron chi connectivity index (χ3n) is 5.25. The summed E-state index contributed by atoms with van der Waals surface area (Å²) >= 11 is 0. The molecule has 1 aliphatic carbocycles. The second-order valence-corrected chi connectivity index (χ2v) is 8.09. The van der Waals surface area contributed by atoms with Gasteiger partial charge in [-0.15, -0.1) is 0 Å². The van der Waals surface area contributed by atoms with Gasteiger partial charge in [0, 0.05) is 52.4 Å². The largest absolute Gasteiger partial charge is 0.495 e. The molecular weight excluding hydrogens is 302 g/mol. The molecule has 1 saturated heterocycles. The zero-order chi connectivity index (χ0) is 17.7. The molecule has 2 rings (SSSR count). The van der Waals surface area contributed by atoms with Crippen LogP contribution in [0.5, 0.6) is 0 Å². The third-order valence-corrected chi connectivity index (χ3v) is 5.25. The molecule has 0 aromatic carbocycles. The van der Waals surface area contributed by atoms with Crippen LogP contribution in [0.2, 0.25) is 0 Å². The molecular formula is C19H37N3O2. The lowest BCUT2D eigenvalue weighted by molar-refractivity contribution is -0.0538. The molecule has 0 aromatic rings. The highest BCUT2D eigenvalue weighted by Gasteiger charge is 2.34. The smallest absolute Gasteiger partial charge is 0.185 e. The zero-order valence-corrected chi connectivity index (χ0v) is 16.3. The molecule has 2 fully saturated rings. The first-order valence-corrected chi connectivity index (χ1v) is 9.52. The van der Waals surface area contributed by atoms with Gasteiger partial charge in [0.25, 0.3) is 0 Å². The summed E-state index contributed by atoms with van der Waals surface area (Å²) in [4.78, 5) is 7.08. The van der Waals surface area contributed by atoms with Crippen LogP contribution in [0.3, 0.4) is 0 Å². The van der Waals surface area contributed by atoms with E-state index in [9.17, 15) is 5.11 Å². The quantitative estimate of drug-likeness (QED) is 0.688. The number of piperazine rings is 1. The van der Waals surface area contributed by atoms with Gasteiger partial charge in [-0.3, -0.25) is 4.90 Å². The Hall–Kier alpha value is -0.780. The Morgan fingerprint density at radius 2 is 1.71 bits per heavy atom. The summed E-state index contributed by atoms with van der Waals surface area (Å²) in [5, 5.41) is 9.99. The number of aliphatic hydroxyl groups excluding tert-OH is 1. The van der Waals surface area contributed by atoms with Gasteiger partial charge < -0.3 is 19.6 Å². The first-order chi connectivity index (χ1) is 11.4. The SMILES string of the molecule is CC(C)=C(O)N(C)C1CC(OCCN2CCN(CC(C)C)CC2)C1. The maximum atomic E-state index is 9.99. The van der Waals surface area contributed by atoms with Crippen LogP contribution in [0.15, 0.2) is 11.5 Å². The molecule has 0 amide bonds. The lowest BCUT2D eigenvalue weighted by Gasteiger charge is -2.42. The number of ether oxygens (including phenoxy) is 1. The number of nitrogens with zero attached hydrogens (tertiary/aromatic N) is 3. The molecule has 1 N–H and O–H groups in total. The van der Waals surface area contributed by atoms with Gasteiger partial charge in [0.1, 0.15) is 0 Å². The summed E-state index contributed by atoms with van der Waals surface area (Å²) in [6, 6.07) is 0.421. The van der Waals surface area contributed by atoms with Crippen molar-refractivity contribution in [1.82, 2.24) is 14.7 Å². The van der Waals surface area contributed by atoms with E-state index in [2.05, 4.69) is 23.6 Å². The molecule has 0 unspecified atom stereocenters. The fraction of sp³-hybridized carbons (Fsp3) is 0.895. The highest BCUT2D eigenvalue weighted by atomic mass is 16.5. The Kier molecular flexibility index (Phi) is 7.38. The number of aliphatic hydroxyl groups is 1. The van der Waals surface area contributed by atoms with E-state index >= 15 is 0 Å². The molecule has 24 heavy (non-hydrogen) atoms. The topological polar surface area (TPSA) is 39.2 Å². The van der Waals surface area contributed by atoms with Crippen LogP contribution >= 0.6 is 0 Å². The van der Waals surface area contributed by atoms with Crippen LogP contribution in [-0.2, 0) is 4.74 Å². The molecule has 5 nitrogen and oxygen atoms in total. The Bertz CT molecular complexity index is 407. The minimum atomic E-state index is 0.365.